The number of hydrogen-bond acceptors (Lipinski definition) is 1. The lowest BCUT2D eigenvalue weighted by atomic mass is 10.1. The van der Waals surface area contributed by atoms with Gasteiger partial charge in [-0.3, -0.25) is 0 Å². The molecule has 23 heavy (non-hydrogen) atoms. The van der Waals surface area contributed by atoms with Gasteiger partial charge in [-0.05, 0) is 55.7 Å². The molecule has 2 unspecified atom stereocenters. The van der Waals surface area contributed by atoms with Crippen LogP contribution in [0.25, 0.3) is 0 Å². The van der Waals surface area contributed by atoms with Crippen LogP contribution in [-0.4, -0.2) is 12.0 Å². The number of aryl methyl sites for hydroxylation is 2. The zero-order valence-electron chi connectivity index (χ0n) is 13.1. The van der Waals surface area contributed by atoms with Gasteiger partial charge in [0.15, 0.2) is 5.96 Å². The van der Waals surface area contributed by atoms with E-state index in [1.807, 2.05) is 26.0 Å². The van der Waals surface area contributed by atoms with Crippen LogP contribution in [0.5, 0.6) is 0 Å². The molecule has 3 rings (SSSR count). The largest absolute Gasteiger partial charge is 0.370 e. The molecule has 2 atom stereocenters. The Morgan fingerprint density at radius 3 is 2.35 bits per heavy atom. The third-order valence-electron chi connectivity index (χ3n) is 3.93. The Hall–Kier alpha value is -2.43. The van der Waals surface area contributed by atoms with Crippen molar-refractivity contribution in [2.45, 2.75) is 32.2 Å². The summed E-state index contributed by atoms with van der Waals surface area (Å²) in [5.74, 6) is -1.02. The molecule has 2 aromatic rings. The number of nitrogens with two attached hydrogens (primary N) is 1. The van der Waals surface area contributed by atoms with E-state index in [0.29, 0.717) is 6.42 Å². The first-order valence-electron chi connectivity index (χ1n) is 7.56. The fourth-order valence-electron chi connectivity index (χ4n) is 2.91. The van der Waals surface area contributed by atoms with E-state index in [1.54, 1.807) is 0 Å². The van der Waals surface area contributed by atoms with Crippen LogP contribution in [0.3, 0.4) is 0 Å². The van der Waals surface area contributed by atoms with Gasteiger partial charge in [0.1, 0.15) is 11.6 Å². The van der Waals surface area contributed by atoms with Gasteiger partial charge < -0.3 is 11.1 Å². The molecular formula is C18H19F2N3. The van der Waals surface area contributed by atoms with E-state index in [9.17, 15) is 8.78 Å². The molecule has 1 fully saturated rings. The highest BCUT2D eigenvalue weighted by Crippen LogP contribution is 2.45. The number of nitrogens with zero attached hydrogens (tertiary/aromatic N) is 1. The standard InChI is InChI=1S/C18H19F2N3/c1-10-6-11(2)8-12(7-10)22-18(21)23-16-9-13(16)17-14(19)4-3-5-15(17)20/h3-8,13,16H,9H2,1-2H3,(H3,21,22,23). The number of guanidine groups is 1. The Morgan fingerprint density at radius 1 is 1.13 bits per heavy atom. The lowest BCUT2D eigenvalue weighted by molar-refractivity contribution is 0.555. The van der Waals surface area contributed by atoms with Gasteiger partial charge in [0.25, 0.3) is 0 Å². The molecule has 0 aliphatic heterocycles. The van der Waals surface area contributed by atoms with Gasteiger partial charge in [-0.25, -0.2) is 13.8 Å². The maximum atomic E-state index is 13.8. The average Bonchev–Trinajstić information content (AvgIpc) is 3.15. The summed E-state index contributed by atoms with van der Waals surface area (Å²) in [7, 11) is 0. The molecule has 5 heteroatoms. The topological polar surface area (TPSA) is 50.4 Å². The quantitative estimate of drug-likeness (QED) is 0.667. The van der Waals surface area contributed by atoms with Crippen LogP contribution in [-0.2, 0) is 0 Å². The maximum Gasteiger partial charge on any atom is 0.193 e. The summed E-state index contributed by atoms with van der Waals surface area (Å²) in [6.45, 7) is 4.01. The first-order chi connectivity index (χ1) is 10.9. The molecule has 0 radical (unpaired) electrons. The molecule has 0 amide bonds. The normalized spacial score (nSPS) is 20.4. The lowest BCUT2D eigenvalue weighted by Gasteiger charge is -2.08. The van der Waals surface area contributed by atoms with Crippen LogP contribution in [0.15, 0.2) is 41.4 Å². The minimum Gasteiger partial charge on any atom is -0.370 e. The molecule has 120 valence electrons. The van der Waals surface area contributed by atoms with E-state index in [-0.39, 0.29) is 23.5 Å². The van der Waals surface area contributed by atoms with Crippen LogP contribution < -0.4 is 11.1 Å². The summed E-state index contributed by atoms with van der Waals surface area (Å²) in [5.41, 5.74) is 9.13. The Morgan fingerprint density at radius 2 is 1.74 bits per heavy atom. The van der Waals surface area contributed by atoms with Crippen molar-refractivity contribution in [3.8, 4) is 0 Å². The third-order valence-corrected chi connectivity index (χ3v) is 3.93. The Bertz CT molecular complexity index is 730. The molecule has 0 heterocycles. The van der Waals surface area contributed by atoms with Crippen molar-refractivity contribution >= 4 is 11.6 Å². The van der Waals surface area contributed by atoms with Crippen LogP contribution in [0.4, 0.5) is 14.5 Å². The summed E-state index contributed by atoms with van der Waals surface area (Å²) in [5, 5.41) is 3.04. The van der Waals surface area contributed by atoms with Crippen LogP contribution in [0.2, 0.25) is 0 Å². The molecule has 1 saturated carbocycles. The Balaban J connectivity index is 1.71. The molecule has 1 aliphatic rings. The summed E-state index contributed by atoms with van der Waals surface area (Å²) in [6, 6.07) is 9.73. The first-order valence-corrected chi connectivity index (χ1v) is 7.56. The average molecular weight is 315 g/mol. The van der Waals surface area contributed by atoms with Crippen molar-refractivity contribution in [3.05, 3.63) is 64.7 Å². The van der Waals surface area contributed by atoms with Gasteiger partial charge in [-0.15, -0.1) is 0 Å². The fourth-order valence-corrected chi connectivity index (χ4v) is 2.91. The summed E-state index contributed by atoms with van der Waals surface area (Å²) in [4.78, 5) is 4.33. The molecule has 0 saturated heterocycles. The molecule has 1 aliphatic carbocycles. The summed E-state index contributed by atoms with van der Waals surface area (Å²) >= 11 is 0. The summed E-state index contributed by atoms with van der Waals surface area (Å²) in [6.07, 6.45) is 0.604. The number of halogens is 2. The molecular weight excluding hydrogens is 296 g/mol. The molecule has 3 nitrogen and oxygen atoms in total. The van der Waals surface area contributed by atoms with Crippen molar-refractivity contribution in [3.63, 3.8) is 0 Å². The zero-order valence-corrected chi connectivity index (χ0v) is 13.1. The van der Waals surface area contributed by atoms with Gasteiger partial charge in [0, 0.05) is 17.2 Å². The maximum absolute atomic E-state index is 13.8. The molecule has 0 aromatic heterocycles. The molecule has 0 spiro atoms. The second kappa shape index (κ2) is 5.99. The highest BCUT2D eigenvalue weighted by Gasteiger charge is 2.42. The van der Waals surface area contributed by atoms with Crippen molar-refractivity contribution in [2.24, 2.45) is 10.7 Å². The predicted octanol–water partition coefficient (Wildman–Crippen LogP) is 3.86. The van der Waals surface area contributed by atoms with Crippen molar-refractivity contribution in [2.75, 3.05) is 5.32 Å². The highest BCUT2D eigenvalue weighted by molar-refractivity contribution is 5.92. The minimum atomic E-state index is -0.520. The van der Waals surface area contributed by atoms with E-state index in [2.05, 4.69) is 16.4 Å². The summed E-state index contributed by atoms with van der Waals surface area (Å²) < 4.78 is 27.5. The van der Waals surface area contributed by atoms with Crippen LogP contribution in [0.1, 0.15) is 29.0 Å². The van der Waals surface area contributed by atoms with Gasteiger partial charge in [-0.1, -0.05) is 12.1 Å². The van der Waals surface area contributed by atoms with Gasteiger partial charge in [-0.2, -0.15) is 0 Å². The fraction of sp³-hybridized carbons (Fsp3) is 0.278. The van der Waals surface area contributed by atoms with E-state index >= 15 is 0 Å². The second-order valence-corrected chi connectivity index (χ2v) is 6.06. The SMILES string of the molecule is Cc1cc(C)cc(NC(N)=NC2CC2c2c(F)cccc2F)c1. The number of aliphatic imine (C=N–C) groups is 1. The van der Waals surface area contributed by atoms with Gasteiger partial charge >= 0.3 is 0 Å². The van der Waals surface area contributed by atoms with E-state index in [4.69, 9.17) is 5.73 Å². The molecule has 2 aromatic carbocycles. The van der Waals surface area contributed by atoms with E-state index in [1.165, 1.54) is 18.2 Å². The Kier molecular flexibility index (Phi) is 4.03. The van der Waals surface area contributed by atoms with E-state index < -0.39 is 11.6 Å². The van der Waals surface area contributed by atoms with Gasteiger partial charge in [0.05, 0.1) is 6.04 Å². The number of hydrogen-bond donors (Lipinski definition) is 2. The van der Waals surface area contributed by atoms with Crippen molar-refractivity contribution < 1.29 is 8.78 Å². The monoisotopic (exact) mass is 315 g/mol. The molecule has 3 N–H and O–H groups in total. The Labute approximate surface area is 134 Å². The number of anilines is 1. The van der Waals surface area contributed by atoms with Crippen LogP contribution >= 0.6 is 0 Å². The predicted molar refractivity (Wildman–Crippen MR) is 88.7 cm³/mol. The van der Waals surface area contributed by atoms with Crippen molar-refractivity contribution in [1.82, 2.24) is 0 Å². The smallest absolute Gasteiger partial charge is 0.193 e. The zero-order chi connectivity index (χ0) is 16.6. The second-order valence-electron chi connectivity index (χ2n) is 6.06. The number of nitrogens with one attached hydrogen (secondary N) is 1. The van der Waals surface area contributed by atoms with Crippen LogP contribution in [0, 0.1) is 25.5 Å². The molecule has 0 bridgehead atoms. The van der Waals surface area contributed by atoms with Crippen molar-refractivity contribution in [1.29, 1.82) is 0 Å². The highest BCUT2D eigenvalue weighted by atomic mass is 19.1. The van der Waals surface area contributed by atoms with Gasteiger partial charge in [0.2, 0.25) is 0 Å². The number of benzene rings is 2. The first kappa shape index (κ1) is 15.5. The lowest BCUT2D eigenvalue weighted by Crippen LogP contribution is -2.23. The number of rotatable bonds is 3. The minimum absolute atomic E-state index is 0.112. The van der Waals surface area contributed by atoms with E-state index in [0.717, 1.165) is 16.8 Å². The third kappa shape index (κ3) is 3.50.